The molecule has 7 nitrogen and oxygen atoms in total. The van der Waals surface area contributed by atoms with Gasteiger partial charge in [-0.25, -0.2) is 4.79 Å². The average Bonchev–Trinajstić information content (AvgIpc) is 2.68. The van der Waals surface area contributed by atoms with E-state index < -0.39 is 5.60 Å². The summed E-state index contributed by atoms with van der Waals surface area (Å²) in [5.41, 5.74) is 0.640. The molecule has 7 heteroatoms. The summed E-state index contributed by atoms with van der Waals surface area (Å²) in [6, 6.07) is 5.25. The molecule has 1 aromatic carbocycles. The minimum Gasteiger partial charge on any atom is -0.479 e. The number of nitrogens with zero attached hydrogens (tertiary/aromatic N) is 2. The highest BCUT2D eigenvalue weighted by Gasteiger charge is 2.29. The van der Waals surface area contributed by atoms with Crippen molar-refractivity contribution >= 4 is 24.1 Å². The van der Waals surface area contributed by atoms with Gasteiger partial charge in [0.25, 0.3) is 0 Å². The Bertz CT molecular complexity index is 796. The number of amides is 1. The molecule has 0 aliphatic heterocycles. The summed E-state index contributed by atoms with van der Waals surface area (Å²) >= 11 is 0. The number of hydrogen-bond acceptors (Lipinski definition) is 6. The van der Waals surface area contributed by atoms with Gasteiger partial charge in [-0.1, -0.05) is 6.92 Å². The van der Waals surface area contributed by atoms with E-state index in [-0.39, 0.29) is 23.9 Å². The fraction of sp³-hybridized carbons (Fsp3) is 0.640. The van der Waals surface area contributed by atoms with Gasteiger partial charge in [0.15, 0.2) is 12.3 Å². The molecular formula is C25H41N2O5+. The summed E-state index contributed by atoms with van der Waals surface area (Å²) in [5, 5.41) is 0. The number of anilines is 1. The third-order valence-electron chi connectivity index (χ3n) is 4.72. The van der Waals surface area contributed by atoms with E-state index >= 15 is 0 Å². The first-order valence-electron chi connectivity index (χ1n) is 11.1. The Hall–Kier alpha value is -2.25. The summed E-state index contributed by atoms with van der Waals surface area (Å²) in [5.74, 6) is 0.265. The smallest absolute Gasteiger partial charge is 0.424 e. The van der Waals surface area contributed by atoms with Crippen LogP contribution in [0.2, 0.25) is 0 Å². The van der Waals surface area contributed by atoms with Gasteiger partial charge < -0.3 is 19.1 Å². The van der Waals surface area contributed by atoms with Gasteiger partial charge in [-0.3, -0.25) is 4.79 Å². The molecule has 0 heterocycles. The summed E-state index contributed by atoms with van der Waals surface area (Å²) < 4.78 is 18.6. The van der Waals surface area contributed by atoms with Crippen molar-refractivity contribution in [2.75, 3.05) is 44.9 Å². The molecule has 180 valence electrons. The van der Waals surface area contributed by atoms with Gasteiger partial charge in [-0.2, -0.15) is 4.58 Å². The lowest BCUT2D eigenvalue weighted by Crippen LogP contribution is -2.40. The van der Waals surface area contributed by atoms with Crippen LogP contribution in [0.3, 0.4) is 0 Å². The Morgan fingerprint density at radius 2 is 1.72 bits per heavy atom. The quantitative estimate of drug-likeness (QED) is 0.196. The third-order valence-corrected chi connectivity index (χ3v) is 4.72. The SMILES string of the molecule is C=[N+](CC(C)(C)OCCOC(C)(C)C)C(=O)COc1ccc(C(C)=O)c(N(C)CCC)c1. The van der Waals surface area contributed by atoms with E-state index in [0.717, 1.165) is 18.7 Å². The Morgan fingerprint density at radius 1 is 1.09 bits per heavy atom. The van der Waals surface area contributed by atoms with Crippen molar-refractivity contribution in [1.82, 2.24) is 0 Å². The number of hydrogen-bond donors (Lipinski definition) is 0. The number of Topliss-reactive ketones (excluding diaryl/α,β-unsaturated/α-hetero) is 1. The molecule has 0 bridgehead atoms. The van der Waals surface area contributed by atoms with E-state index in [0.29, 0.717) is 31.1 Å². The third kappa shape index (κ3) is 9.92. The van der Waals surface area contributed by atoms with Crippen molar-refractivity contribution in [3.8, 4) is 5.75 Å². The number of ketones is 1. The predicted octanol–water partition coefficient (Wildman–Crippen LogP) is 3.96. The predicted molar refractivity (Wildman–Crippen MR) is 128 cm³/mol. The van der Waals surface area contributed by atoms with Crippen molar-refractivity contribution in [3.05, 3.63) is 23.8 Å². The standard InChI is InChI=1S/C25H41N2O5/c1-10-13-26(8)22-16-20(11-12-21(22)19(2)28)30-17-23(29)27(9)18-25(6,7)32-15-14-31-24(3,4)5/h11-12,16H,9-10,13-15,17-18H2,1-8H3/q+1. The minimum atomic E-state index is -0.572. The molecule has 0 aliphatic rings. The number of carbonyl (C=O) groups excluding carboxylic acids is 2. The monoisotopic (exact) mass is 449 g/mol. The molecular weight excluding hydrogens is 408 g/mol. The molecule has 1 rings (SSSR count). The van der Waals surface area contributed by atoms with Crippen LogP contribution in [0.4, 0.5) is 5.69 Å². The lowest BCUT2D eigenvalue weighted by Gasteiger charge is -2.24. The molecule has 32 heavy (non-hydrogen) atoms. The molecule has 0 N–H and O–H groups in total. The van der Waals surface area contributed by atoms with Gasteiger partial charge >= 0.3 is 5.91 Å². The zero-order valence-electron chi connectivity index (χ0n) is 21.1. The second-order valence-corrected chi connectivity index (χ2v) is 9.61. The fourth-order valence-electron chi connectivity index (χ4n) is 3.17. The second kappa shape index (κ2) is 12.1. The molecule has 0 atom stereocenters. The van der Waals surface area contributed by atoms with Crippen molar-refractivity contribution in [1.29, 1.82) is 0 Å². The van der Waals surface area contributed by atoms with Gasteiger partial charge in [0.05, 0.1) is 24.5 Å². The summed E-state index contributed by atoms with van der Waals surface area (Å²) in [4.78, 5) is 26.5. The van der Waals surface area contributed by atoms with Crippen LogP contribution in [0.5, 0.6) is 5.75 Å². The zero-order chi connectivity index (χ0) is 24.5. The maximum absolute atomic E-state index is 12.5. The van der Waals surface area contributed by atoms with Crippen LogP contribution in [-0.2, 0) is 14.3 Å². The van der Waals surface area contributed by atoms with E-state index in [1.165, 1.54) is 4.58 Å². The maximum Gasteiger partial charge on any atom is 0.424 e. The van der Waals surface area contributed by atoms with Gasteiger partial charge in [0.1, 0.15) is 18.1 Å². The maximum atomic E-state index is 12.5. The Labute approximate surface area is 193 Å². The first-order valence-corrected chi connectivity index (χ1v) is 11.1. The summed E-state index contributed by atoms with van der Waals surface area (Å²) in [6.45, 7) is 19.2. The Kier molecular flexibility index (Phi) is 10.5. The highest BCUT2D eigenvalue weighted by atomic mass is 16.5. The Balaban J connectivity index is 2.66. The number of carbonyl (C=O) groups is 2. The minimum absolute atomic E-state index is 0.00959. The molecule has 0 unspecified atom stereocenters. The highest BCUT2D eigenvalue weighted by molar-refractivity contribution is 6.00. The van der Waals surface area contributed by atoms with Gasteiger partial charge in [0.2, 0.25) is 6.61 Å². The van der Waals surface area contributed by atoms with Crippen molar-refractivity contribution in [3.63, 3.8) is 0 Å². The van der Waals surface area contributed by atoms with Gasteiger partial charge in [-0.05, 0) is 60.1 Å². The van der Waals surface area contributed by atoms with E-state index in [1.807, 2.05) is 46.6 Å². The normalized spacial score (nSPS) is 11.9. The molecule has 0 radical (unpaired) electrons. The van der Waals surface area contributed by atoms with E-state index in [2.05, 4.69) is 13.6 Å². The van der Waals surface area contributed by atoms with Crippen LogP contribution in [-0.4, -0.2) is 74.1 Å². The first kappa shape index (κ1) is 27.8. The Morgan fingerprint density at radius 3 is 2.28 bits per heavy atom. The van der Waals surface area contributed by atoms with E-state index in [9.17, 15) is 9.59 Å². The number of ether oxygens (including phenoxy) is 3. The first-order chi connectivity index (χ1) is 14.8. The van der Waals surface area contributed by atoms with E-state index in [1.54, 1.807) is 25.1 Å². The average molecular weight is 450 g/mol. The summed E-state index contributed by atoms with van der Waals surface area (Å²) in [6.07, 6.45) is 0.952. The largest absolute Gasteiger partial charge is 0.479 e. The van der Waals surface area contributed by atoms with E-state index in [4.69, 9.17) is 14.2 Å². The van der Waals surface area contributed by atoms with Crippen molar-refractivity contribution in [2.45, 2.75) is 66.1 Å². The van der Waals surface area contributed by atoms with Crippen LogP contribution < -0.4 is 9.64 Å². The van der Waals surface area contributed by atoms with Crippen LogP contribution in [0.25, 0.3) is 0 Å². The number of benzene rings is 1. The molecule has 0 aromatic heterocycles. The summed E-state index contributed by atoms with van der Waals surface area (Å²) in [7, 11) is 1.94. The lowest BCUT2D eigenvalue weighted by molar-refractivity contribution is -0.463. The zero-order valence-corrected chi connectivity index (χ0v) is 21.1. The molecule has 0 saturated carbocycles. The number of rotatable bonds is 13. The van der Waals surface area contributed by atoms with Crippen molar-refractivity contribution < 1.29 is 28.4 Å². The highest BCUT2D eigenvalue weighted by Crippen LogP contribution is 2.26. The van der Waals surface area contributed by atoms with Crippen LogP contribution in [0.15, 0.2) is 18.2 Å². The van der Waals surface area contributed by atoms with Gasteiger partial charge in [0, 0.05) is 25.2 Å². The topological polar surface area (TPSA) is 68.1 Å². The van der Waals surface area contributed by atoms with Crippen LogP contribution >= 0.6 is 0 Å². The van der Waals surface area contributed by atoms with Crippen LogP contribution in [0.1, 0.15) is 65.2 Å². The van der Waals surface area contributed by atoms with Gasteiger partial charge in [-0.15, -0.1) is 0 Å². The van der Waals surface area contributed by atoms with Crippen molar-refractivity contribution in [2.24, 2.45) is 0 Å². The molecule has 1 aromatic rings. The second-order valence-electron chi connectivity index (χ2n) is 9.61. The molecule has 0 saturated heterocycles. The molecule has 0 fully saturated rings. The molecule has 0 spiro atoms. The van der Waals surface area contributed by atoms with Crippen LogP contribution in [0, 0.1) is 0 Å². The lowest BCUT2D eigenvalue weighted by atomic mass is 10.1. The molecule has 1 amide bonds. The fourth-order valence-corrected chi connectivity index (χ4v) is 3.17. The molecule has 0 aliphatic carbocycles.